The second-order valence-electron chi connectivity index (χ2n) is 4.15. The Kier molecular flexibility index (Phi) is 3.99. The van der Waals surface area contributed by atoms with E-state index in [9.17, 15) is 4.79 Å². The summed E-state index contributed by atoms with van der Waals surface area (Å²) in [6.45, 7) is 4.03. The average molecular weight is 275 g/mol. The zero-order chi connectivity index (χ0) is 13.1. The predicted octanol–water partition coefficient (Wildman–Crippen LogP) is 3.43. The number of carbonyl (C=O) groups is 1. The van der Waals surface area contributed by atoms with Crippen molar-refractivity contribution in [1.82, 2.24) is 5.32 Å². The van der Waals surface area contributed by atoms with E-state index in [0.29, 0.717) is 9.23 Å². The Balaban J connectivity index is 2.19. The van der Waals surface area contributed by atoms with E-state index in [4.69, 9.17) is 12.2 Å². The molecule has 92 valence electrons. The van der Waals surface area contributed by atoms with Crippen molar-refractivity contribution >= 4 is 40.3 Å². The molecule has 0 unspecified atom stereocenters. The molecule has 0 bridgehead atoms. The van der Waals surface area contributed by atoms with Crippen LogP contribution in [0.25, 0.3) is 6.08 Å². The first-order valence-electron chi connectivity index (χ1n) is 5.54. The van der Waals surface area contributed by atoms with Crippen molar-refractivity contribution in [2.24, 2.45) is 0 Å². The van der Waals surface area contributed by atoms with Gasteiger partial charge in [0.2, 0.25) is 0 Å². The minimum Gasteiger partial charge on any atom is -0.307 e. The number of amides is 1. The Morgan fingerprint density at radius 1 is 1.33 bits per heavy atom. The summed E-state index contributed by atoms with van der Waals surface area (Å²) < 4.78 is 0.523. The van der Waals surface area contributed by atoms with Crippen molar-refractivity contribution in [1.29, 1.82) is 0 Å². The molecular weight excluding hydrogens is 262 g/mol. The fourth-order valence-electron chi connectivity index (χ4n) is 1.60. The predicted molar refractivity (Wildman–Crippen MR) is 81.2 cm³/mol. The number of allylic oxidation sites excluding steroid dienone is 2. The lowest BCUT2D eigenvalue weighted by Gasteiger charge is -1.98. The monoisotopic (exact) mass is 275 g/mol. The zero-order valence-corrected chi connectivity index (χ0v) is 11.8. The first-order chi connectivity index (χ1) is 8.54. The van der Waals surface area contributed by atoms with Gasteiger partial charge in [0, 0.05) is 0 Å². The maximum absolute atomic E-state index is 11.5. The molecule has 0 aromatic heterocycles. The molecule has 1 aromatic rings. The lowest BCUT2D eigenvalue weighted by atomic mass is 10.1. The third kappa shape index (κ3) is 3.31. The van der Waals surface area contributed by atoms with Crippen molar-refractivity contribution in [3.63, 3.8) is 0 Å². The maximum Gasteiger partial charge on any atom is 0.263 e. The fraction of sp³-hybridized carbons (Fsp3) is 0.143. The van der Waals surface area contributed by atoms with Gasteiger partial charge in [-0.25, -0.2) is 0 Å². The molecule has 0 saturated carbocycles. The van der Waals surface area contributed by atoms with Crippen LogP contribution in [0.5, 0.6) is 0 Å². The quantitative estimate of drug-likeness (QED) is 0.662. The smallest absolute Gasteiger partial charge is 0.263 e. The summed E-state index contributed by atoms with van der Waals surface area (Å²) in [4.78, 5) is 12.2. The van der Waals surface area contributed by atoms with Crippen LogP contribution in [0, 0.1) is 6.92 Å². The molecule has 1 saturated heterocycles. The van der Waals surface area contributed by atoms with Gasteiger partial charge in [-0.3, -0.25) is 4.79 Å². The Morgan fingerprint density at radius 2 is 2.00 bits per heavy atom. The summed E-state index contributed by atoms with van der Waals surface area (Å²) in [7, 11) is 0. The summed E-state index contributed by atoms with van der Waals surface area (Å²) >= 11 is 6.25. The Bertz CT molecular complexity index is 556. The number of benzene rings is 1. The third-order valence-electron chi connectivity index (χ3n) is 2.47. The van der Waals surface area contributed by atoms with Gasteiger partial charge in [-0.1, -0.05) is 59.9 Å². The van der Waals surface area contributed by atoms with Crippen LogP contribution >= 0.6 is 24.0 Å². The molecule has 0 aliphatic carbocycles. The summed E-state index contributed by atoms with van der Waals surface area (Å²) in [5.74, 6) is -0.110. The minimum absolute atomic E-state index is 0.110. The number of hydrogen-bond acceptors (Lipinski definition) is 3. The number of rotatable bonds is 2. The maximum atomic E-state index is 11.5. The molecule has 4 heteroatoms. The van der Waals surface area contributed by atoms with Gasteiger partial charge in [0.1, 0.15) is 4.32 Å². The Morgan fingerprint density at radius 3 is 2.56 bits per heavy atom. The molecule has 1 aromatic carbocycles. The molecule has 1 aliphatic heterocycles. The van der Waals surface area contributed by atoms with E-state index in [0.717, 1.165) is 11.1 Å². The standard InChI is InChI=1S/C14H13NOS2/c1-9-3-5-11(6-4-9)7-10(2)8-12-13(16)15-14(17)18-12/h3-8H,1-2H3,(H,15,16,17). The van der Waals surface area contributed by atoms with Crippen LogP contribution in [0.3, 0.4) is 0 Å². The van der Waals surface area contributed by atoms with E-state index >= 15 is 0 Å². The van der Waals surface area contributed by atoms with Gasteiger partial charge in [-0.15, -0.1) is 0 Å². The molecule has 0 atom stereocenters. The fourth-order valence-corrected chi connectivity index (χ4v) is 2.69. The van der Waals surface area contributed by atoms with E-state index in [-0.39, 0.29) is 5.91 Å². The minimum atomic E-state index is -0.110. The van der Waals surface area contributed by atoms with Gasteiger partial charge in [0.15, 0.2) is 0 Å². The number of thioether (sulfide) groups is 1. The van der Waals surface area contributed by atoms with Gasteiger partial charge >= 0.3 is 0 Å². The molecule has 1 N–H and O–H groups in total. The average Bonchev–Trinajstić information content (AvgIpc) is 2.61. The lowest BCUT2D eigenvalue weighted by molar-refractivity contribution is -0.115. The van der Waals surface area contributed by atoms with E-state index < -0.39 is 0 Å². The van der Waals surface area contributed by atoms with Crippen LogP contribution < -0.4 is 5.32 Å². The van der Waals surface area contributed by atoms with Gasteiger partial charge in [0.05, 0.1) is 4.91 Å². The summed E-state index contributed by atoms with van der Waals surface area (Å²) in [6.07, 6.45) is 3.90. The van der Waals surface area contributed by atoms with Crippen LogP contribution in [0.15, 0.2) is 40.8 Å². The highest BCUT2D eigenvalue weighted by Gasteiger charge is 2.21. The van der Waals surface area contributed by atoms with Crippen LogP contribution in [0.1, 0.15) is 18.1 Å². The van der Waals surface area contributed by atoms with Crippen molar-refractivity contribution < 1.29 is 4.79 Å². The second-order valence-corrected chi connectivity index (χ2v) is 5.87. The van der Waals surface area contributed by atoms with Gasteiger partial charge in [0.25, 0.3) is 5.91 Å². The summed E-state index contributed by atoms with van der Waals surface area (Å²) in [5, 5.41) is 2.60. The number of hydrogen-bond donors (Lipinski definition) is 1. The lowest BCUT2D eigenvalue weighted by Crippen LogP contribution is -2.17. The molecular formula is C14H13NOS2. The number of thiocarbonyl (C=S) groups is 1. The zero-order valence-electron chi connectivity index (χ0n) is 10.2. The molecule has 18 heavy (non-hydrogen) atoms. The largest absolute Gasteiger partial charge is 0.307 e. The SMILES string of the molecule is CC(=Cc1ccc(C)cc1)C=C1SC(=S)NC1=O. The topological polar surface area (TPSA) is 29.1 Å². The van der Waals surface area contributed by atoms with Crippen molar-refractivity contribution in [3.8, 4) is 0 Å². The van der Waals surface area contributed by atoms with Crippen LogP contribution in [-0.2, 0) is 4.79 Å². The van der Waals surface area contributed by atoms with Crippen molar-refractivity contribution in [2.45, 2.75) is 13.8 Å². The summed E-state index contributed by atoms with van der Waals surface area (Å²) in [6, 6.07) is 8.25. The van der Waals surface area contributed by atoms with Gasteiger partial charge < -0.3 is 5.32 Å². The van der Waals surface area contributed by atoms with Crippen LogP contribution in [-0.4, -0.2) is 10.2 Å². The van der Waals surface area contributed by atoms with E-state index in [1.54, 1.807) is 0 Å². The number of nitrogens with one attached hydrogen (secondary N) is 1. The Hall–Kier alpha value is -1.39. The molecule has 1 aliphatic rings. The molecule has 1 amide bonds. The molecule has 2 nitrogen and oxygen atoms in total. The Labute approximate surface area is 116 Å². The molecule has 1 fully saturated rings. The van der Waals surface area contributed by atoms with Gasteiger partial charge in [-0.05, 0) is 31.1 Å². The van der Waals surface area contributed by atoms with Crippen molar-refractivity contribution in [3.05, 3.63) is 51.9 Å². The third-order valence-corrected chi connectivity index (χ3v) is 3.64. The van der Waals surface area contributed by atoms with Crippen LogP contribution in [0.2, 0.25) is 0 Å². The van der Waals surface area contributed by atoms with Crippen molar-refractivity contribution in [2.75, 3.05) is 0 Å². The van der Waals surface area contributed by atoms with E-state index in [2.05, 4.69) is 36.5 Å². The van der Waals surface area contributed by atoms with E-state index in [1.807, 2.05) is 19.1 Å². The highest BCUT2D eigenvalue weighted by molar-refractivity contribution is 8.26. The van der Waals surface area contributed by atoms with Gasteiger partial charge in [-0.2, -0.15) is 0 Å². The number of carbonyl (C=O) groups excluding carboxylic acids is 1. The molecule has 2 rings (SSSR count). The second kappa shape index (κ2) is 5.50. The highest BCUT2D eigenvalue weighted by Crippen LogP contribution is 2.25. The van der Waals surface area contributed by atoms with E-state index in [1.165, 1.54) is 17.3 Å². The molecule has 0 radical (unpaired) electrons. The first-order valence-corrected chi connectivity index (χ1v) is 6.77. The number of aryl methyl sites for hydroxylation is 1. The first kappa shape index (κ1) is 13.1. The molecule has 0 spiro atoms. The molecule has 1 heterocycles. The summed E-state index contributed by atoms with van der Waals surface area (Å²) in [5.41, 5.74) is 3.39. The van der Waals surface area contributed by atoms with Crippen LogP contribution in [0.4, 0.5) is 0 Å². The normalized spacial score (nSPS) is 18.3. The highest BCUT2D eigenvalue weighted by atomic mass is 32.2.